The molecule has 0 spiro atoms. The van der Waals surface area contributed by atoms with Crippen LogP contribution in [0.2, 0.25) is 5.02 Å². The Morgan fingerprint density at radius 2 is 1.65 bits per heavy atom. The van der Waals surface area contributed by atoms with E-state index in [0.29, 0.717) is 16.3 Å². The van der Waals surface area contributed by atoms with Crippen molar-refractivity contribution in [2.75, 3.05) is 17.1 Å². The van der Waals surface area contributed by atoms with Gasteiger partial charge in [-0.25, -0.2) is 8.42 Å². The summed E-state index contributed by atoms with van der Waals surface area (Å²) in [6, 6.07) is 20.8. The Morgan fingerprint density at radius 3 is 2.25 bits per heavy atom. The van der Waals surface area contributed by atoms with E-state index in [0.717, 1.165) is 32.6 Å². The number of carbonyl (C=O) groups is 2. The Hall–Kier alpha value is -2.88. The highest BCUT2D eigenvalue weighted by molar-refractivity contribution is 9.10. The number of sulfonamides is 1. The third-order valence-corrected chi connectivity index (χ3v) is 8.55. The number of nitrogens with one attached hydrogen (secondary N) is 1. The molecule has 3 rings (SSSR count). The van der Waals surface area contributed by atoms with E-state index < -0.39 is 28.5 Å². The van der Waals surface area contributed by atoms with Gasteiger partial charge < -0.3 is 10.2 Å². The molecule has 0 heterocycles. The van der Waals surface area contributed by atoms with Crippen molar-refractivity contribution in [2.24, 2.45) is 0 Å². The van der Waals surface area contributed by atoms with Gasteiger partial charge in [0, 0.05) is 28.5 Å². The van der Waals surface area contributed by atoms with Gasteiger partial charge in [0.1, 0.15) is 12.6 Å². The molecule has 7 nitrogen and oxygen atoms in total. The van der Waals surface area contributed by atoms with Crippen LogP contribution in [0.25, 0.3) is 0 Å². The monoisotopic (exact) mass is 647 g/mol. The number of hydrogen-bond acceptors (Lipinski definition) is 4. The molecule has 0 aliphatic rings. The van der Waals surface area contributed by atoms with Gasteiger partial charge >= 0.3 is 0 Å². The molecular formula is C30H35BrClN3O4S. The lowest BCUT2D eigenvalue weighted by molar-refractivity contribution is -0.140. The van der Waals surface area contributed by atoms with Crippen molar-refractivity contribution in [2.45, 2.75) is 52.2 Å². The second-order valence-corrected chi connectivity index (χ2v) is 13.1. The number of halogens is 2. The van der Waals surface area contributed by atoms with Crippen LogP contribution < -0.4 is 9.62 Å². The van der Waals surface area contributed by atoms with E-state index in [1.807, 2.05) is 68.4 Å². The van der Waals surface area contributed by atoms with Crippen LogP contribution in [0, 0.1) is 6.92 Å². The van der Waals surface area contributed by atoms with Gasteiger partial charge in [-0.15, -0.1) is 0 Å². The minimum atomic E-state index is -3.87. The lowest BCUT2D eigenvalue weighted by Crippen LogP contribution is -2.54. The Balaban J connectivity index is 2.08. The van der Waals surface area contributed by atoms with Gasteiger partial charge in [-0.2, -0.15) is 0 Å². The number of aryl methyl sites for hydroxylation is 1. The first-order valence-corrected chi connectivity index (χ1v) is 16.0. The van der Waals surface area contributed by atoms with Crippen molar-refractivity contribution in [3.63, 3.8) is 0 Å². The standard InChI is InChI=1S/C30H35BrClN3O4S/c1-5-22(3)33-30(37)28(17-23-9-7-6-8-10-23)34(19-24-12-14-25(31)15-13-24)29(36)20-35(40(4,38)39)27-18-26(32)16-11-21(27)2/h6-16,18,22,28H,5,17,19-20H2,1-4H3,(H,33,37)/t22-,28+/m0/s1. The van der Waals surface area contributed by atoms with Gasteiger partial charge in [0.15, 0.2) is 0 Å². The van der Waals surface area contributed by atoms with Gasteiger partial charge in [-0.3, -0.25) is 13.9 Å². The SMILES string of the molecule is CC[C@H](C)NC(=O)[C@@H](Cc1ccccc1)N(Cc1ccc(Br)cc1)C(=O)CN(c1cc(Cl)ccc1C)S(C)(=O)=O. The Bertz CT molecular complexity index is 1420. The first kappa shape index (κ1) is 31.6. The molecule has 0 saturated heterocycles. The van der Waals surface area contributed by atoms with Crippen LogP contribution in [0.4, 0.5) is 5.69 Å². The summed E-state index contributed by atoms with van der Waals surface area (Å²) in [5.74, 6) is -0.804. The van der Waals surface area contributed by atoms with Crippen LogP contribution in [-0.4, -0.2) is 50.0 Å². The van der Waals surface area contributed by atoms with E-state index in [-0.39, 0.29) is 24.9 Å². The van der Waals surface area contributed by atoms with Crippen LogP contribution >= 0.6 is 27.5 Å². The zero-order valence-corrected chi connectivity index (χ0v) is 26.3. The molecule has 40 heavy (non-hydrogen) atoms. The molecule has 1 N–H and O–H groups in total. The highest BCUT2D eigenvalue weighted by Gasteiger charge is 2.33. The summed E-state index contributed by atoms with van der Waals surface area (Å²) < 4.78 is 27.8. The highest BCUT2D eigenvalue weighted by atomic mass is 79.9. The number of carbonyl (C=O) groups excluding carboxylic acids is 2. The predicted molar refractivity (Wildman–Crippen MR) is 165 cm³/mol. The lowest BCUT2D eigenvalue weighted by atomic mass is 10.0. The Morgan fingerprint density at radius 1 is 1.00 bits per heavy atom. The van der Waals surface area contributed by atoms with Crippen LogP contribution in [0.3, 0.4) is 0 Å². The minimum absolute atomic E-state index is 0.1000. The van der Waals surface area contributed by atoms with Crippen LogP contribution in [0.15, 0.2) is 77.3 Å². The fourth-order valence-corrected chi connectivity index (χ4v) is 5.56. The zero-order valence-electron chi connectivity index (χ0n) is 23.1. The average Bonchev–Trinajstić information content (AvgIpc) is 2.91. The van der Waals surface area contributed by atoms with Gasteiger partial charge in [-0.05, 0) is 61.2 Å². The summed E-state index contributed by atoms with van der Waals surface area (Å²) in [6.45, 7) is 5.26. The highest BCUT2D eigenvalue weighted by Crippen LogP contribution is 2.27. The smallest absolute Gasteiger partial charge is 0.244 e. The average molecular weight is 649 g/mol. The third kappa shape index (κ3) is 8.81. The van der Waals surface area contributed by atoms with E-state index in [9.17, 15) is 18.0 Å². The summed E-state index contributed by atoms with van der Waals surface area (Å²) in [5, 5.41) is 3.37. The molecule has 0 radical (unpaired) electrons. The fourth-order valence-electron chi connectivity index (χ4n) is 4.23. The van der Waals surface area contributed by atoms with Crippen molar-refractivity contribution in [1.82, 2.24) is 10.2 Å². The molecule has 0 aliphatic heterocycles. The quantitative estimate of drug-likeness (QED) is 0.272. The molecule has 0 aromatic heterocycles. The minimum Gasteiger partial charge on any atom is -0.352 e. The summed E-state index contributed by atoms with van der Waals surface area (Å²) in [6.07, 6.45) is 2.04. The molecule has 0 fully saturated rings. The maximum atomic E-state index is 14.1. The summed E-state index contributed by atoms with van der Waals surface area (Å²) in [4.78, 5) is 29.3. The molecule has 0 saturated carbocycles. The number of anilines is 1. The Kier molecular flexibility index (Phi) is 11.2. The molecule has 0 bridgehead atoms. The zero-order chi connectivity index (χ0) is 29.4. The normalized spacial score (nSPS) is 12.8. The van der Waals surface area contributed by atoms with Crippen LogP contribution in [0.1, 0.15) is 37.0 Å². The van der Waals surface area contributed by atoms with Gasteiger partial charge in [0.05, 0.1) is 11.9 Å². The molecule has 0 aliphatic carbocycles. The van der Waals surface area contributed by atoms with E-state index in [1.165, 1.54) is 11.0 Å². The van der Waals surface area contributed by atoms with Crippen molar-refractivity contribution < 1.29 is 18.0 Å². The fraction of sp³-hybridized carbons (Fsp3) is 0.333. The number of nitrogens with zero attached hydrogens (tertiary/aromatic N) is 2. The van der Waals surface area contributed by atoms with Crippen molar-refractivity contribution >= 4 is 55.1 Å². The van der Waals surface area contributed by atoms with Crippen molar-refractivity contribution in [3.8, 4) is 0 Å². The molecule has 0 unspecified atom stereocenters. The molecule has 214 valence electrons. The summed E-state index contributed by atoms with van der Waals surface area (Å²) in [7, 11) is -3.87. The molecular weight excluding hydrogens is 614 g/mol. The number of amides is 2. The van der Waals surface area contributed by atoms with Crippen LogP contribution in [0.5, 0.6) is 0 Å². The van der Waals surface area contributed by atoms with E-state index in [2.05, 4.69) is 21.2 Å². The predicted octanol–water partition coefficient (Wildman–Crippen LogP) is 5.73. The molecule has 2 amide bonds. The summed E-state index contributed by atoms with van der Waals surface area (Å²) in [5.41, 5.74) is 2.65. The van der Waals surface area contributed by atoms with E-state index >= 15 is 0 Å². The first-order valence-electron chi connectivity index (χ1n) is 13.0. The van der Waals surface area contributed by atoms with Gasteiger partial charge in [0.2, 0.25) is 21.8 Å². The summed E-state index contributed by atoms with van der Waals surface area (Å²) >= 11 is 9.64. The van der Waals surface area contributed by atoms with Crippen molar-refractivity contribution in [3.05, 3.63) is 99.0 Å². The van der Waals surface area contributed by atoms with Gasteiger partial charge in [0.25, 0.3) is 0 Å². The molecule has 3 aromatic carbocycles. The largest absolute Gasteiger partial charge is 0.352 e. The number of rotatable bonds is 12. The number of hydrogen-bond donors (Lipinski definition) is 1. The second kappa shape index (κ2) is 14.1. The maximum Gasteiger partial charge on any atom is 0.244 e. The van der Waals surface area contributed by atoms with E-state index in [1.54, 1.807) is 19.1 Å². The topological polar surface area (TPSA) is 86.8 Å². The lowest BCUT2D eigenvalue weighted by Gasteiger charge is -2.34. The first-order chi connectivity index (χ1) is 18.9. The van der Waals surface area contributed by atoms with E-state index in [4.69, 9.17) is 11.6 Å². The molecule has 3 aromatic rings. The van der Waals surface area contributed by atoms with Gasteiger partial charge in [-0.1, -0.05) is 83.0 Å². The Labute approximate surface area is 250 Å². The third-order valence-electron chi connectivity index (χ3n) is 6.66. The van der Waals surface area contributed by atoms with Crippen LogP contribution in [-0.2, 0) is 32.6 Å². The maximum absolute atomic E-state index is 14.1. The van der Waals surface area contributed by atoms with Crippen molar-refractivity contribution in [1.29, 1.82) is 0 Å². The number of benzene rings is 3. The molecule has 10 heteroatoms. The second-order valence-electron chi connectivity index (χ2n) is 9.87. The molecule has 2 atom stereocenters.